The molecule has 1 aliphatic rings. The molecule has 7 nitrogen and oxygen atoms in total. The molecule has 0 spiro atoms. The van der Waals surface area contributed by atoms with Gasteiger partial charge in [-0.1, -0.05) is 0 Å². The van der Waals surface area contributed by atoms with Crippen molar-refractivity contribution in [3.8, 4) is 11.3 Å². The Bertz CT molecular complexity index is 1040. The summed E-state index contributed by atoms with van der Waals surface area (Å²) in [6.45, 7) is 0.615. The number of hydrogen-bond donors (Lipinski definition) is 2. The van der Waals surface area contributed by atoms with Gasteiger partial charge < -0.3 is 19.8 Å². The van der Waals surface area contributed by atoms with Crippen molar-refractivity contribution in [1.29, 1.82) is 0 Å². The first-order valence-corrected chi connectivity index (χ1v) is 10.1. The second-order valence-corrected chi connectivity index (χ2v) is 7.24. The van der Waals surface area contributed by atoms with E-state index in [0.717, 1.165) is 18.4 Å². The summed E-state index contributed by atoms with van der Waals surface area (Å²) in [6.07, 6.45) is 3.33. The van der Waals surface area contributed by atoms with Crippen LogP contribution >= 0.6 is 0 Å². The second-order valence-electron chi connectivity index (χ2n) is 7.24. The topological polar surface area (TPSA) is 93.5 Å². The van der Waals surface area contributed by atoms with Crippen molar-refractivity contribution in [2.24, 2.45) is 0 Å². The van der Waals surface area contributed by atoms with Crippen LogP contribution in [0.4, 0.5) is 15.8 Å². The van der Waals surface area contributed by atoms with Gasteiger partial charge in [0.1, 0.15) is 11.9 Å². The summed E-state index contributed by atoms with van der Waals surface area (Å²) in [5.41, 5.74) is 1.99. The van der Waals surface area contributed by atoms with E-state index in [1.54, 1.807) is 42.6 Å². The van der Waals surface area contributed by atoms with E-state index in [-0.39, 0.29) is 24.1 Å². The van der Waals surface area contributed by atoms with Crippen LogP contribution in [0.2, 0.25) is 0 Å². The predicted octanol–water partition coefficient (Wildman–Crippen LogP) is 4.17. The van der Waals surface area contributed by atoms with Gasteiger partial charge in [-0.2, -0.15) is 0 Å². The number of hydrogen-bond acceptors (Lipinski definition) is 5. The fraction of sp³-hybridized carbons (Fsp3) is 0.261. The molecule has 31 heavy (non-hydrogen) atoms. The number of aromatic nitrogens is 1. The summed E-state index contributed by atoms with van der Waals surface area (Å²) in [5.74, 6) is 0.300. The van der Waals surface area contributed by atoms with Crippen LogP contribution in [-0.4, -0.2) is 29.5 Å². The molecule has 1 unspecified atom stereocenters. The number of nitrogens with zero attached hydrogens (tertiary/aromatic N) is 1. The lowest BCUT2D eigenvalue weighted by molar-refractivity contribution is -0.124. The molecule has 1 aromatic heterocycles. The molecule has 2 N–H and O–H groups in total. The number of amides is 2. The molecule has 0 radical (unpaired) electrons. The zero-order chi connectivity index (χ0) is 21.6. The summed E-state index contributed by atoms with van der Waals surface area (Å²) >= 11 is 0. The molecule has 2 aromatic carbocycles. The number of carbonyl (C=O) groups is 2. The average molecular weight is 423 g/mol. The SMILES string of the molecule is O=C(CCc1ncc(-c2ccc(F)cc2)o1)Nc1ccc(NC(=O)C2CCCO2)cc1. The molecule has 160 valence electrons. The zero-order valence-electron chi connectivity index (χ0n) is 16.8. The van der Waals surface area contributed by atoms with Crippen LogP contribution in [0.3, 0.4) is 0 Å². The van der Waals surface area contributed by atoms with Crippen LogP contribution in [-0.2, 0) is 20.7 Å². The van der Waals surface area contributed by atoms with E-state index in [4.69, 9.17) is 9.15 Å². The van der Waals surface area contributed by atoms with Crippen LogP contribution in [0.5, 0.6) is 0 Å². The lowest BCUT2D eigenvalue weighted by Crippen LogP contribution is -2.26. The molecule has 0 bridgehead atoms. The molecule has 1 aliphatic heterocycles. The fourth-order valence-electron chi connectivity index (χ4n) is 3.26. The molecule has 4 rings (SSSR count). The van der Waals surface area contributed by atoms with Gasteiger partial charge in [0.15, 0.2) is 11.7 Å². The maximum atomic E-state index is 13.0. The molecule has 3 aromatic rings. The molecule has 1 saturated heterocycles. The van der Waals surface area contributed by atoms with Crippen molar-refractivity contribution in [3.63, 3.8) is 0 Å². The van der Waals surface area contributed by atoms with Crippen LogP contribution in [0.15, 0.2) is 59.1 Å². The second kappa shape index (κ2) is 9.53. The number of nitrogens with one attached hydrogen (secondary N) is 2. The maximum Gasteiger partial charge on any atom is 0.253 e. The van der Waals surface area contributed by atoms with Crippen LogP contribution in [0, 0.1) is 5.82 Å². The summed E-state index contributed by atoms with van der Waals surface area (Å²) in [4.78, 5) is 28.5. The standard InChI is InChI=1S/C23H22FN3O4/c24-16-5-3-15(4-6-16)20-14-25-22(31-20)12-11-21(28)26-17-7-9-18(10-8-17)27-23(29)19-2-1-13-30-19/h3-10,14,19H,1-2,11-13H2,(H,26,28)(H,27,29). The number of rotatable bonds is 7. The highest BCUT2D eigenvalue weighted by atomic mass is 19.1. The number of aryl methyl sites for hydroxylation is 1. The number of anilines is 2. The Balaban J connectivity index is 1.25. The predicted molar refractivity (Wildman–Crippen MR) is 113 cm³/mol. The summed E-state index contributed by atoms with van der Waals surface area (Å²) in [7, 11) is 0. The minimum atomic E-state index is -0.391. The Labute approximate surface area is 178 Å². The van der Waals surface area contributed by atoms with Gasteiger partial charge in [-0.25, -0.2) is 9.37 Å². The Morgan fingerprint density at radius 1 is 1.03 bits per heavy atom. The molecular weight excluding hydrogens is 401 g/mol. The van der Waals surface area contributed by atoms with Gasteiger partial charge in [0, 0.05) is 36.4 Å². The van der Waals surface area contributed by atoms with Crippen LogP contribution in [0.25, 0.3) is 11.3 Å². The third-order valence-electron chi connectivity index (χ3n) is 4.91. The van der Waals surface area contributed by atoms with Gasteiger partial charge in [0.25, 0.3) is 5.91 Å². The molecular formula is C23H22FN3O4. The number of ether oxygens (including phenoxy) is 1. The van der Waals surface area contributed by atoms with E-state index in [1.807, 2.05) is 0 Å². The van der Waals surface area contributed by atoms with Crippen molar-refractivity contribution in [1.82, 2.24) is 4.98 Å². The molecule has 1 fully saturated rings. The van der Waals surface area contributed by atoms with E-state index in [1.165, 1.54) is 12.1 Å². The van der Waals surface area contributed by atoms with E-state index < -0.39 is 6.10 Å². The number of halogens is 1. The summed E-state index contributed by atoms with van der Waals surface area (Å²) in [6, 6.07) is 12.8. The number of benzene rings is 2. The molecule has 0 aliphatic carbocycles. The zero-order valence-corrected chi connectivity index (χ0v) is 16.8. The highest BCUT2D eigenvalue weighted by Gasteiger charge is 2.23. The highest BCUT2D eigenvalue weighted by Crippen LogP contribution is 2.21. The molecule has 1 atom stereocenters. The van der Waals surface area contributed by atoms with Crippen molar-refractivity contribution in [2.75, 3.05) is 17.2 Å². The van der Waals surface area contributed by atoms with Crippen molar-refractivity contribution in [3.05, 3.63) is 66.4 Å². The largest absolute Gasteiger partial charge is 0.441 e. The minimum absolute atomic E-state index is 0.153. The normalized spacial score (nSPS) is 15.6. The Hall–Kier alpha value is -3.52. The third-order valence-corrected chi connectivity index (χ3v) is 4.91. The maximum absolute atomic E-state index is 13.0. The molecule has 2 amide bonds. The lowest BCUT2D eigenvalue weighted by Gasteiger charge is -2.11. The van der Waals surface area contributed by atoms with Gasteiger partial charge in [0.05, 0.1) is 6.20 Å². The minimum Gasteiger partial charge on any atom is -0.441 e. The van der Waals surface area contributed by atoms with E-state index >= 15 is 0 Å². The number of carbonyl (C=O) groups excluding carboxylic acids is 2. The molecule has 0 saturated carbocycles. The van der Waals surface area contributed by atoms with Gasteiger partial charge in [0.2, 0.25) is 5.91 Å². The van der Waals surface area contributed by atoms with Gasteiger partial charge in [-0.15, -0.1) is 0 Å². The van der Waals surface area contributed by atoms with E-state index in [2.05, 4.69) is 15.6 Å². The first-order chi connectivity index (χ1) is 15.1. The van der Waals surface area contributed by atoms with E-state index in [0.29, 0.717) is 36.1 Å². The summed E-state index contributed by atoms with van der Waals surface area (Å²) in [5, 5.41) is 5.62. The Morgan fingerprint density at radius 2 is 1.74 bits per heavy atom. The first-order valence-electron chi connectivity index (χ1n) is 10.1. The van der Waals surface area contributed by atoms with Gasteiger partial charge in [-0.05, 0) is 61.4 Å². The van der Waals surface area contributed by atoms with Crippen molar-refractivity contribution >= 4 is 23.2 Å². The molecule has 8 heteroatoms. The van der Waals surface area contributed by atoms with Crippen molar-refractivity contribution in [2.45, 2.75) is 31.8 Å². The Kier molecular flexibility index (Phi) is 6.37. The van der Waals surface area contributed by atoms with Crippen LogP contribution in [0.1, 0.15) is 25.2 Å². The fourth-order valence-corrected chi connectivity index (χ4v) is 3.26. The number of oxazole rings is 1. The Morgan fingerprint density at radius 3 is 2.42 bits per heavy atom. The smallest absolute Gasteiger partial charge is 0.253 e. The van der Waals surface area contributed by atoms with Gasteiger partial charge in [-0.3, -0.25) is 9.59 Å². The average Bonchev–Trinajstić information content (AvgIpc) is 3.47. The first kappa shape index (κ1) is 20.7. The van der Waals surface area contributed by atoms with Crippen LogP contribution < -0.4 is 10.6 Å². The quantitative estimate of drug-likeness (QED) is 0.595. The van der Waals surface area contributed by atoms with E-state index in [9.17, 15) is 14.0 Å². The summed E-state index contributed by atoms with van der Waals surface area (Å²) < 4.78 is 24.0. The lowest BCUT2D eigenvalue weighted by atomic mass is 10.2. The molecule has 2 heterocycles. The monoisotopic (exact) mass is 423 g/mol. The van der Waals surface area contributed by atoms with Gasteiger partial charge >= 0.3 is 0 Å². The van der Waals surface area contributed by atoms with Crippen molar-refractivity contribution < 1.29 is 23.1 Å². The highest BCUT2D eigenvalue weighted by molar-refractivity contribution is 5.95. The third kappa shape index (κ3) is 5.55.